The van der Waals surface area contributed by atoms with Crippen molar-refractivity contribution in [3.05, 3.63) is 59.4 Å². The van der Waals surface area contributed by atoms with Gasteiger partial charge in [-0.25, -0.2) is 12.8 Å². The number of sulfonamides is 1. The fraction of sp³-hybridized carbons (Fsp3) is 0.278. The standard InChI is InChI=1S/C18H14F4N2O3S/c19-14-2-1-3-15(9-14)27-16-6-7-24(11-16)28(25,26)17-5-4-13(18(20,21)22)8-12(17)10-23/h1-5,8-9,16H,6-7,11H2. The molecule has 1 unspecified atom stereocenters. The molecule has 1 aliphatic rings. The van der Waals surface area contributed by atoms with Crippen LogP contribution >= 0.6 is 0 Å². The van der Waals surface area contributed by atoms with Crippen LogP contribution in [-0.4, -0.2) is 31.9 Å². The van der Waals surface area contributed by atoms with Gasteiger partial charge in [0.15, 0.2) is 0 Å². The molecule has 1 saturated heterocycles. The van der Waals surface area contributed by atoms with E-state index in [0.717, 1.165) is 10.4 Å². The van der Waals surface area contributed by atoms with Crippen molar-refractivity contribution in [3.63, 3.8) is 0 Å². The molecule has 1 atom stereocenters. The van der Waals surface area contributed by atoms with Crippen LogP contribution in [0.1, 0.15) is 17.5 Å². The van der Waals surface area contributed by atoms with Gasteiger partial charge >= 0.3 is 6.18 Å². The first kappa shape index (κ1) is 20.1. The normalized spacial score (nSPS) is 18.0. The number of rotatable bonds is 4. The summed E-state index contributed by atoms with van der Waals surface area (Å²) in [6.07, 6.45) is -4.92. The molecule has 0 N–H and O–H groups in total. The van der Waals surface area contributed by atoms with Crippen molar-refractivity contribution in [2.24, 2.45) is 0 Å². The quantitative estimate of drug-likeness (QED) is 0.718. The summed E-state index contributed by atoms with van der Waals surface area (Å²) in [5.74, 6) is -0.250. The van der Waals surface area contributed by atoms with Crippen molar-refractivity contribution in [1.29, 1.82) is 5.26 Å². The summed E-state index contributed by atoms with van der Waals surface area (Å²) in [6, 6.07) is 8.85. The molecule has 2 aromatic rings. The van der Waals surface area contributed by atoms with E-state index in [0.29, 0.717) is 18.6 Å². The zero-order valence-corrected chi connectivity index (χ0v) is 15.1. The topological polar surface area (TPSA) is 70.4 Å². The van der Waals surface area contributed by atoms with Crippen LogP contribution in [0, 0.1) is 17.1 Å². The number of ether oxygens (including phenoxy) is 1. The van der Waals surface area contributed by atoms with Gasteiger partial charge in [-0.2, -0.15) is 22.7 Å². The molecule has 5 nitrogen and oxygen atoms in total. The zero-order valence-electron chi connectivity index (χ0n) is 14.3. The molecule has 0 spiro atoms. The van der Waals surface area contributed by atoms with Crippen LogP contribution in [0.15, 0.2) is 47.4 Å². The number of alkyl halides is 3. The average Bonchev–Trinajstić information content (AvgIpc) is 3.09. The predicted molar refractivity (Wildman–Crippen MR) is 90.4 cm³/mol. The predicted octanol–water partition coefficient (Wildman–Crippen LogP) is 3.56. The smallest absolute Gasteiger partial charge is 0.416 e. The van der Waals surface area contributed by atoms with Gasteiger partial charge in [-0.1, -0.05) is 6.07 Å². The van der Waals surface area contributed by atoms with Crippen molar-refractivity contribution >= 4 is 10.0 Å². The first-order valence-electron chi connectivity index (χ1n) is 8.15. The molecule has 0 aliphatic carbocycles. The first-order chi connectivity index (χ1) is 13.1. The Balaban J connectivity index is 1.81. The Kier molecular flexibility index (Phi) is 5.32. The van der Waals surface area contributed by atoms with Gasteiger partial charge in [0.1, 0.15) is 23.7 Å². The van der Waals surface area contributed by atoms with E-state index in [1.54, 1.807) is 0 Å². The van der Waals surface area contributed by atoms with Gasteiger partial charge in [-0.15, -0.1) is 0 Å². The Bertz CT molecular complexity index is 1030. The molecule has 0 radical (unpaired) electrons. The monoisotopic (exact) mass is 414 g/mol. The van der Waals surface area contributed by atoms with Crippen LogP contribution in [-0.2, 0) is 16.2 Å². The Hall–Kier alpha value is -2.64. The summed E-state index contributed by atoms with van der Waals surface area (Å²) >= 11 is 0. The van der Waals surface area contributed by atoms with Gasteiger partial charge in [0.05, 0.1) is 22.6 Å². The summed E-state index contributed by atoms with van der Waals surface area (Å²) in [5.41, 5.74) is -1.68. The minimum Gasteiger partial charge on any atom is -0.489 e. The van der Waals surface area contributed by atoms with Gasteiger partial charge in [0, 0.05) is 12.6 Å². The minimum atomic E-state index is -4.69. The second-order valence-electron chi connectivity index (χ2n) is 6.17. The third kappa shape index (κ3) is 4.10. The molecule has 28 heavy (non-hydrogen) atoms. The largest absolute Gasteiger partial charge is 0.489 e. The maximum atomic E-state index is 13.2. The Labute approximate surface area is 158 Å². The van der Waals surface area contributed by atoms with Crippen molar-refractivity contribution in [2.45, 2.75) is 23.6 Å². The highest BCUT2D eigenvalue weighted by molar-refractivity contribution is 7.89. The summed E-state index contributed by atoms with van der Waals surface area (Å²) in [7, 11) is -4.19. The van der Waals surface area contributed by atoms with Crippen LogP contribution < -0.4 is 4.74 Å². The zero-order chi connectivity index (χ0) is 20.5. The summed E-state index contributed by atoms with van der Waals surface area (Å²) < 4.78 is 83.9. The van der Waals surface area contributed by atoms with Gasteiger partial charge in [0.2, 0.25) is 10.0 Å². The third-order valence-electron chi connectivity index (χ3n) is 4.25. The number of benzene rings is 2. The van der Waals surface area contributed by atoms with Crippen LogP contribution in [0.3, 0.4) is 0 Å². The molecule has 148 valence electrons. The number of hydrogen-bond acceptors (Lipinski definition) is 4. The van der Waals surface area contributed by atoms with Gasteiger partial charge in [-0.05, 0) is 36.8 Å². The Morgan fingerprint density at radius 1 is 1.18 bits per heavy atom. The summed E-state index contributed by atoms with van der Waals surface area (Å²) in [5, 5.41) is 9.13. The van der Waals surface area contributed by atoms with Crippen LogP contribution in [0.2, 0.25) is 0 Å². The van der Waals surface area contributed by atoms with Gasteiger partial charge in [-0.3, -0.25) is 0 Å². The molecule has 1 heterocycles. The van der Waals surface area contributed by atoms with E-state index in [1.165, 1.54) is 30.3 Å². The molecule has 1 aliphatic heterocycles. The molecule has 0 amide bonds. The lowest BCUT2D eigenvalue weighted by atomic mass is 10.1. The van der Waals surface area contributed by atoms with Crippen LogP contribution in [0.5, 0.6) is 5.75 Å². The highest BCUT2D eigenvalue weighted by atomic mass is 32.2. The van der Waals surface area contributed by atoms with Crippen LogP contribution in [0.25, 0.3) is 0 Å². The van der Waals surface area contributed by atoms with E-state index in [1.807, 2.05) is 0 Å². The minimum absolute atomic E-state index is 0.0637. The number of hydrogen-bond donors (Lipinski definition) is 0. The van der Waals surface area contributed by atoms with Crippen LogP contribution in [0.4, 0.5) is 17.6 Å². The maximum Gasteiger partial charge on any atom is 0.416 e. The van der Waals surface area contributed by atoms with Crippen molar-refractivity contribution < 1.29 is 30.7 Å². The van der Waals surface area contributed by atoms with E-state index in [-0.39, 0.29) is 18.8 Å². The van der Waals surface area contributed by atoms with E-state index < -0.39 is 44.1 Å². The maximum absolute atomic E-state index is 13.2. The highest BCUT2D eigenvalue weighted by Gasteiger charge is 2.37. The molecule has 0 aromatic heterocycles. The van der Waals surface area contributed by atoms with Crippen molar-refractivity contribution in [1.82, 2.24) is 4.31 Å². The SMILES string of the molecule is N#Cc1cc(C(F)(F)F)ccc1S(=O)(=O)N1CCC(Oc2cccc(F)c2)C1. The lowest BCUT2D eigenvalue weighted by Crippen LogP contribution is -2.31. The third-order valence-corrected chi connectivity index (χ3v) is 6.18. The number of nitriles is 1. The molecule has 10 heteroatoms. The fourth-order valence-corrected chi connectivity index (χ4v) is 4.51. The Morgan fingerprint density at radius 3 is 2.57 bits per heavy atom. The van der Waals surface area contributed by atoms with Crippen molar-refractivity contribution in [3.8, 4) is 11.8 Å². The number of halogens is 4. The second-order valence-corrected chi connectivity index (χ2v) is 8.08. The summed E-state index contributed by atoms with van der Waals surface area (Å²) in [6.45, 7) is -0.00105. The van der Waals surface area contributed by atoms with E-state index in [2.05, 4.69) is 0 Å². The lowest BCUT2D eigenvalue weighted by Gasteiger charge is -2.18. The lowest BCUT2D eigenvalue weighted by molar-refractivity contribution is -0.137. The second kappa shape index (κ2) is 7.41. The molecule has 0 saturated carbocycles. The van der Waals surface area contributed by atoms with Crippen molar-refractivity contribution in [2.75, 3.05) is 13.1 Å². The molecular weight excluding hydrogens is 400 g/mol. The van der Waals surface area contributed by atoms with E-state index in [9.17, 15) is 26.0 Å². The highest BCUT2D eigenvalue weighted by Crippen LogP contribution is 2.33. The number of nitrogens with zero attached hydrogens (tertiary/aromatic N) is 2. The van der Waals surface area contributed by atoms with Gasteiger partial charge < -0.3 is 4.74 Å². The first-order valence-corrected chi connectivity index (χ1v) is 9.59. The molecule has 0 bridgehead atoms. The van der Waals surface area contributed by atoms with E-state index in [4.69, 9.17) is 10.00 Å². The average molecular weight is 414 g/mol. The van der Waals surface area contributed by atoms with Gasteiger partial charge in [0.25, 0.3) is 0 Å². The molecule has 1 fully saturated rings. The molecule has 3 rings (SSSR count). The molecule has 2 aromatic carbocycles. The van der Waals surface area contributed by atoms with E-state index >= 15 is 0 Å². The summed E-state index contributed by atoms with van der Waals surface area (Å²) in [4.78, 5) is -0.491. The molecular formula is C18H14F4N2O3S. The fourth-order valence-electron chi connectivity index (χ4n) is 2.90. The Morgan fingerprint density at radius 2 is 1.93 bits per heavy atom.